The molecule has 0 atom stereocenters. The maximum atomic E-state index is 9.75. The molecule has 1 heterocycles. The highest BCUT2D eigenvalue weighted by Crippen LogP contribution is 2.06. The zero-order valence-corrected chi connectivity index (χ0v) is 6.37. The fourth-order valence-corrected chi connectivity index (χ4v) is 0.465. The second kappa shape index (κ2) is 5.14. The lowest BCUT2D eigenvalue weighted by molar-refractivity contribution is -0.586. The molecule has 1 rings (SSSR count). The lowest BCUT2D eigenvalue weighted by Gasteiger charge is -1.94. The second-order valence-electron chi connectivity index (χ2n) is 1.88. The Morgan fingerprint density at radius 3 is 1.62 bits per heavy atom. The summed E-state index contributed by atoms with van der Waals surface area (Å²) in [7, 11) is -6.00. The summed E-state index contributed by atoms with van der Waals surface area (Å²) in [6.07, 6.45) is 5.33. The molecule has 0 aromatic carbocycles. The minimum atomic E-state index is -6.00. The van der Waals surface area contributed by atoms with E-state index in [1.165, 1.54) is 4.57 Å². The molecule has 13 heavy (non-hydrogen) atoms. The van der Waals surface area contributed by atoms with E-state index in [4.69, 9.17) is 5.26 Å². The van der Waals surface area contributed by atoms with Crippen LogP contribution < -0.4 is 4.57 Å². The van der Waals surface area contributed by atoms with E-state index >= 15 is 0 Å². The molecular formula is C6H5BF4N2. The van der Waals surface area contributed by atoms with E-state index in [0.29, 0.717) is 0 Å². The topological polar surface area (TPSA) is 27.7 Å². The van der Waals surface area contributed by atoms with Crippen molar-refractivity contribution >= 4 is 7.25 Å². The normalized spacial score (nSPS) is 9.46. The average molecular weight is 192 g/mol. The van der Waals surface area contributed by atoms with Gasteiger partial charge in [-0.3, -0.25) is 0 Å². The number of hydrogen-bond acceptors (Lipinski definition) is 1. The third-order valence-electron chi connectivity index (χ3n) is 0.831. The van der Waals surface area contributed by atoms with Crippen molar-refractivity contribution in [3.63, 3.8) is 0 Å². The summed E-state index contributed by atoms with van der Waals surface area (Å²) in [4.78, 5) is 0. The van der Waals surface area contributed by atoms with Gasteiger partial charge in [0, 0.05) is 0 Å². The van der Waals surface area contributed by atoms with Gasteiger partial charge in [0.05, 0.1) is 0 Å². The molecule has 2 nitrogen and oxygen atoms in total. The number of nitriles is 1. The number of nitrogens with zero attached hydrogens (tertiary/aromatic N) is 2. The number of hydrogen-bond donors (Lipinski definition) is 0. The van der Waals surface area contributed by atoms with Crippen molar-refractivity contribution in [2.75, 3.05) is 0 Å². The Morgan fingerprint density at radius 1 is 1.00 bits per heavy atom. The Hall–Kier alpha value is -1.58. The SMILES string of the molecule is F[B-](F)(F)F.N#C[n+]1ccccc1. The summed E-state index contributed by atoms with van der Waals surface area (Å²) < 4.78 is 40.4. The highest BCUT2D eigenvalue weighted by Gasteiger charge is 2.20. The van der Waals surface area contributed by atoms with Gasteiger partial charge in [-0.05, 0) is 12.1 Å². The predicted octanol–water partition coefficient (Wildman–Crippen LogP) is 1.60. The average Bonchev–Trinajstić information content (AvgIpc) is 2.03. The minimum Gasteiger partial charge on any atom is -0.418 e. The second-order valence-corrected chi connectivity index (χ2v) is 1.88. The first-order valence-corrected chi connectivity index (χ1v) is 3.17. The molecular weight excluding hydrogens is 187 g/mol. The van der Waals surface area contributed by atoms with Gasteiger partial charge in [0.25, 0.3) is 0 Å². The van der Waals surface area contributed by atoms with E-state index in [1.54, 1.807) is 12.4 Å². The molecule has 1 aromatic rings. The van der Waals surface area contributed by atoms with Gasteiger partial charge in [-0.25, -0.2) is 0 Å². The summed E-state index contributed by atoms with van der Waals surface area (Å²) in [5.74, 6) is 0. The summed E-state index contributed by atoms with van der Waals surface area (Å²) in [6.45, 7) is 0. The highest BCUT2D eigenvalue weighted by molar-refractivity contribution is 6.50. The van der Waals surface area contributed by atoms with Crippen LogP contribution >= 0.6 is 0 Å². The van der Waals surface area contributed by atoms with Gasteiger partial charge >= 0.3 is 13.4 Å². The van der Waals surface area contributed by atoms with Crippen LogP contribution in [-0.2, 0) is 0 Å². The monoisotopic (exact) mass is 192 g/mol. The molecule has 0 spiro atoms. The smallest absolute Gasteiger partial charge is 0.418 e. The van der Waals surface area contributed by atoms with Crippen molar-refractivity contribution < 1.29 is 21.8 Å². The molecule has 0 aliphatic carbocycles. The van der Waals surface area contributed by atoms with Crippen LogP contribution in [0.15, 0.2) is 30.6 Å². The van der Waals surface area contributed by atoms with Crippen LogP contribution in [0.4, 0.5) is 17.3 Å². The first-order chi connectivity index (χ1) is 5.93. The van der Waals surface area contributed by atoms with Crippen molar-refractivity contribution in [2.24, 2.45) is 0 Å². The first kappa shape index (κ1) is 11.4. The van der Waals surface area contributed by atoms with Crippen LogP contribution in [0.25, 0.3) is 0 Å². The first-order valence-electron chi connectivity index (χ1n) is 3.17. The summed E-state index contributed by atoms with van der Waals surface area (Å²) >= 11 is 0. The number of pyridine rings is 1. The van der Waals surface area contributed by atoms with Gasteiger partial charge in [0.2, 0.25) is 0 Å². The predicted molar refractivity (Wildman–Crippen MR) is 37.8 cm³/mol. The van der Waals surface area contributed by atoms with Crippen LogP contribution in [0, 0.1) is 11.5 Å². The highest BCUT2D eigenvalue weighted by atomic mass is 19.5. The van der Waals surface area contributed by atoms with E-state index < -0.39 is 7.25 Å². The molecule has 1 aromatic heterocycles. The standard InChI is InChI=1S/C6H5N2.BF4/c7-6-8-4-2-1-3-5-8;2-1(3,4)5/h1-5H;/q+1;-1. The quantitative estimate of drug-likeness (QED) is 0.348. The third-order valence-corrected chi connectivity index (χ3v) is 0.831. The van der Waals surface area contributed by atoms with E-state index in [-0.39, 0.29) is 0 Å². The van der Waals surface area contributed by atoms with Gasteiger partial charge in [-0.2, -0.15) is 0 Å². The molecule has 0 N–H and O–H groups in total. The Labute approximate surface area is 72.1 Å². The fourth-order valence-electron chi connectivity index (χ4n) is 0.465. The molecule has 0 saturated carbocycles. The molecule has 0 aliphatic rings. The van der Waals surface area contributed by atoms with Gasteiger partial charge in [-0.15, -0.1) is 4.57 Å². The molecule has 7 heteroatoms. The van der Waals surface area contributed by atoms with Crippen LogP contribution in [-0.4, -0.2) is 7.25 Å². The number of aromatic nitrogens is 1. The van der Waals surface area contributed by atoms with Crippen LogP contribution in [0.3, 0.4) is 0 Å². The zero-order valence-electron chi connectivity index (χ0n) is 6.37. The van der Waals surface area contributed by atoms with Crippen molar-refractivity contribution in [1.29, 1.82) is 5.26 Å². The lowest BCUT2D eigenvalue weighted by Crippen LogP contribution is -2.25. The van der Waals surface area contributed by atoms with Crippen LogP contribution in [0.1, 0.15) is 0 Å². The van der Waals surface area contributed by atoms with Crippen molar-refractivity contribution in [2.45, 2.75) is 0 Å². The summed E-state index contributed by atoms with van der Waals surface area (Å²) in [5.41, 5.74) is 0. The summed E-state index contributed by atoms with van der Waals surface area (Å²) in [5, 5.41) is 8.25. The molecule has 70 valence electrons. The van der Waals surface area contributed by atoms with Gasteiger partial charge in [0.15, 0.2) is 5.26 Å². The molecule has 0 amide bonds. The Balaban J connectivity index is 0.000000252. The molecule has 0 radical (unpaired) electrons. The van der Waals surface area contributed by atoms with E-state index in [0.717, 1.165) is 0 Å². The van der Waals surface area contributed by atoms with E-state index in [1.807, 2.05) is 24.4 Å². The minimum absolute atomic E-state index is 1.43. The van der Waals surface area contributed by atoms with E-state index in [9.17, 15) is 17.3 Å². The Kier molecular flexibility index (Phi) is 4.52. The maximum absolute atomic E-state index is 9.75. The van der Waals surface area contributed by atoms with E-state index in [2.05, 4.69) is 0 Å². The lowest BCUT2D eigenvalue weighted by atomic mass is 10.3. The Morgan fingerprint density at radius 2 is 1.38 bits per heavy atom. The molecule has 0 fully saturated rings. The molecule has 0 saturated heterocycles. The Bertz CT molecular complexity index is 273. The van der Waals surface area contributed by atoms with Crippen LogP contribution in [0.2, 0.25) is 0 Å². The molecule has 0 unspecified atom stereocenters. The number of halogens is 4. The fraction of sp³-hybridized carbons (Fsp3) is 0. The summed E-state index contributed by atoms with van der Waals surface area (Å²) in [6, 6.07) is 5.49. The largest absolute Gasteiger partial charge is 0.673 e. The third kappa shape index (κ3) is 10.4. The van der Waals surface area contributed by atoms with Crippen molar-refractivity contribution in [1.82, 2.24) is 0 Å². The van der Waals surface area contributed by atoms with Crippen LogP contribution in [0.5, 0.6) is 0 Å². The van der Waals surface area contributed by atoms with Crippen molar-refractivity contribution in [3.8, 4) is 6.19 Å². The molecule has 0 bridgehead atoms. The van der Waals surface area contributed by atoms with Crippen molar-refractivity contribution in [3.05, 3.63) is 30.6 Å². The zero-order chi connectivity index (χ0) is 10.3. The van der Waals surface area contributed by atoms with Gasteiger partial charge < -0.3 is 17.3 Å². The van der Waals surface area contributed by atoms with Gasteiger partial charge in [0.1, 0.15) is 12.4 Å². The number of rotatable bonds is 0. The molecule has 0 aliphatic heterocycles. The maximum Gasteiger partial charge on any atom is 0.673 e. The van der Waals surface area contributed by atoms with Gasteiger partial charge in [-0.1, -0.05) is 6.07 Å².